The number of thiophene rings is 1. The van der Waals surface area contributed by atoms with E-state index in [1.54, 1.807) is 11.3 Å². The Morgan fingerprint density at radius 1 is 1.43 bits per heavy atom. The summed E-state index contributed by atoms with van der Waals surface area (Å²) < 4.78 is 28.8. The van der Waals surface area contributed by atoms with E-state index in [1.165, 1.54) is 15.3 Å². The minimum Gasteiger partial charge on any atom is -0.382 e. The second-order valence-electron chi connectivity index (χ2n) is 5.28. The molecule has 2 aromatic rings. The number of aromatic nitrogens is 1. The smallest absolute Gasteiger partial charge is 0.187 e. The molecule has 21 heavy (non-hydrogen) atoms. The molecule has 5 nitrogen and oxygen atoms in total. The number of nitrogen functional groups attached to an aromatic ring is 1. The van der Waals surface area contributed by atoms with Gasteiger partial charge in [-0.15, -0.1) is 11.3 Å². The highest BCUT2D eigenvalue weighted by Crippen LogP contribution is 2.41. The van der Waals surface area contributed by atoms with Gasteiger partial charge in [0.15, 0.2) is 15.7 Å². The molecule has 1 saturated carbocycles. The zero-order valence-electron chi connectivity index (χ0n) is 11.8. The Hall–Kier alpha value is -1.12. The van der Waals surface area contributed by atoms with Gasteiger partial charge in [-0.05, 0) is 49.9 Å². The van der Waals surface area contributed by atoms with Crippen molar-refractivity contribution in [1.82, 2.24) is 4.37 Å². The highest BCUT2D eigenvalue weighted by molar-refractivity contribution is 7.92. The fourth-order valence-corrected chi connectivity index (χ4v) is 6.00. The van der Waals surface area contributed by atoms with Crippen LogP contribution < -0.4 is 11.1 Å². The van der Waals surface area contributed by atoms with E-state index in [9.17, 15) is 8.42 Å². The van der Waals surface area contributed by atoms with Gasteiger partial charge < -0.3 is 11.1 Å². The molecule has 0 atom stereocenters. The van der Waals surface area contributed by atoms with E-state index in [1.807, 2.05) is 0 Å². The lowest BCUT2D eigenvalue weighted by Gasteiger charge is -2.06. The Morgan fingerprint density at radius 3 is 2.71 bits per heavy atom. The van der Waals surface area contributed by atoms with Crippen LogP contribution in [-0.4, -0.2) is 18.0 Å². The zero-order valence-corrected chi connectivity index (χ0v) is 14.3. The van der Waals surface area contributed by atoms with Gasteiger partial charge in [-0.2, -0.15) is 4.37 Å². The summed E-state index contributed by atoms with van der Waals surface area (Å²) in [4.78, 5) is 2.65. The fraction of sp³-hybridized carbons (Fsp3) is 0.462. The molecule has 1 fully saturated rings. The molecule has 1 aliphatic rings. The topological polar surface area (TPSA) is 85.1 Å². The number of aryl methyl sites for hydroxylation is 2. The fourth-order valence-electron chi connectivity index (χ4n) is 2.13. The molecule has 0 bridgehead atoms. The van der Waals surface area contributed by atoms with Crippen molar-refractivity contribution in [2.75, 3.05) is 11.1 Å². The summed E-state index contributed by atoms with van der Waals surface area (Å²) >= 11 is 2.83. The average Bonchev–Trinajstić information content (AvgIpc) is 3.14. The molecule has 114 valence electrons. The minimum atomic E-state index is -3.33. The zero-order chi connectivity index (χ0) is 15.2. The van der Waals surface area contributed by atoms with Crippen LogP contribution in [0, 0.1) is 13.8 Å². The summed E-state index contributed by atoms with van der Waals surface area (Å²) in [5, 5.41) is 3.47. The Bertz CT molecular complexity index is 753. The normalized spacial score (nSPS) is 15.3. The number of nitrogens with zero attached hydrogens (tertiary/aromatic N) is 1. The maximum atomic E-state index is 12.4. The average molecular weight is 343 g/mol. The van der Waals surface area contributed by atoms with Gasteiger partial charge in [0.2, 0.25) is 0 Å². The summed E-state index contributed by atoms with van der Waals surface area (Å²) in [5.74, 6) is 0.118. The number of rotatable bonds is 5. The Kier molecular flexibility index (Phi) is 3.71. The first-order chi connectivity index (χ1) is 9.89. The molecule has 0 saturated heterocycles. The Labute approximate surface area is 132 Å². The highest BCUT2D eigenvalue weighted by Gasteiger charge is 2.40. The van der Waals surface area contributed by atoms with Crippen molar-refractivity contribution >= 4 is 43.5 Å². The Balaban J connectivity index is 1.83. The van der Waals surface area contributed by atoms with Crippen LogP contribution in [0.1, 0.15) is 28.2 Å². The molecule has 0 unspecified atom stereocenters. The van der Waals surface area contributed by atoms with Crippen LogP contribution in [0.4, 0.5) is 10.8 Å². The van der Waals surface area contributed by atoms with Crippen molar-refractivity contribution in [1.29, 1.82) is 0 Å². The first-order valence-electron chi connectivity index (χ1n) is 6.68. The van der Waals surface area contributed by atoms with Gasteiger partial charge in [0.1, 0.15) is 9.90 Å². The molecule has 0 amide bonds. The van der Waals surface area contributed by atoms with Gasteiger partial charge in [0, 0.05) is 9.75 Å². The van der Waals surface area contributed by atoms with Crippen LogP contribution in [0.5, 0.6) is 0 Å². The predicted molar refractivity (Wildman–Crippen MR) is 87.9 cm³/mol. The molecule has 2 aromatic heterocycles. The number of hydrogen-bond donors (Lipinski definition) is 2. The van der Waals surface area contributed by atoms with Gasteiger partial charge in [-0.1, -0.05) is 0 Å². The largest absolute Gasteiger partial charge is 0.382 e. The van der Waals surface area contributed by atoms with Crippen molar-refractivity contribution in [2.24, 2.45) is 0 Å². The van der Waals surface area contributed by atoms with Crippen LogP contribution >= 0.6 is 22.9 Å². The van der Waals surface area contributed by atoms with Gasteiger partial charge in [0.05, 0.1) is 11.8 Å². The molecule has 3 N–H and O–H groups in total. The van der Waals surface area contributed by atoms with E-state index < -0.39 is 9.84 Å². The highest BCUT2D eigenvalue weighted by atomic mass is 32.2. The number of nitrogens with two attached hydrogens (primary N) is 1. The summed E-state index contributed by atoms with van der Waals surface area (Å²) in [6.45, 7) is 4.74. The predicted octanol–water partition coefficient (Wildman–Crippen LogP) is 2.95. The van der Waals surface area contributed by atoms with Gasteiger partial charge in [-0.25, -0.2) is 8.42 Å². The van der Waals surface area contributed by atoms with E-state index in [0.29, 0.717) is 11.5 Å². The molecule has 0 aliphatic heterocycles. The van der Waals surface area contributed by atoms with Gasteiger partial charge >= 0.3 is 0 Å². The maximum Gasteiger partial charge on any atom is 0.187 e. The molecule has 0 radical (unpaired) electrons. The van der Waals surface area contributed by atoms with Crippen LogP contribution in [0.15, 0.2) is 11.0 Å². The van der Waals surface area contributed by atoms with Crippen molar-refractivity contribution in [3.63, 3.8) is 0 Å². The van der Waals surface area contributed by atoms with Gasteiger partial charge in [0.25, 0.3) is 0 Å². The first kappa shape index (κ1) is 14.8. The molecule has 1 aliphatic carbocycles. The monoisotopic (exact) mass is 343 g/mol. The quantitative estimate of drug-likeness (QED) is 0.872. The first-order valence-corrected chi connectivity index (χ1v) is 9.82. The lowest BCUT2D eigenvalue weighted by Crippen LogP contribution is -2.11. The van der Waals surface area contributed by atoms with Crippen LogP contribution in [0.2, 0.25) is 0 Å². The molecule has 0 spiro atoms. The van der Waals surface area contributed by atoms with Crippen molar-refractivity contribution in [3.05, 3.63) is 21.4 Å². The van der Waals surface area contributed by atoms with E-state index in [4.69, 9.17) is 5.73 Å². The maximum absolute atomic E-state index is 12.4. The number of sulfone groups is 1. The number of anilines is 2. The van der Waals surface area contributed by atoms with Crippen LogP contribution in [0.25, 0.3) is 0 Å². The van der Waals surface area contributed by atoms with Gasteiger partial charge in [-0.3, -0.25) is 0 Å². The second-order valence-corrected chi connectivity index (χ2v) is 9.56. The van der Waals surface area contributed by atoms with Crippen molar-refractivity contribution < 1.29 is 8.42 Å². The van der Waals surface area contributed by atoms with E-state index in [0.717, 1.165) is 24.4 Å². The summed E-state index contributed by atoms with van der Waals surface area (Å²) in [6, 6.07) is 2.12. The summed E-state index contributed by atoms with van der Waals surface area (Å²) in [7, 11) is -3.33. The standard InChI is InChI=1S/C13H17N3O2S3/c1-7-5-9(19-8(7)2)6-15-13-11(12(14)16-20-13)21(17,18)10-3-4-10/h5,10,15H,3-4,6H2,1-2H3,(H2,14,16). The van der Waals surface area contributed by atoms with E-state index in [-0.39, 0.29) is 16.0 Å². The van der Waals surface area contributed by atoms with Crippen molar-refractivity contribution in [3.8, 4) is 0 Å². The summed E-state index contributed by atoms with van der Waals surface area (Å²) in [6.07, 6.45) is 1.45. The molecule has 8 heteroatoms. The number of nitrogens with one attached hydrogen (secondary N) is 1. The minimum absolute atomic E-state index is 0.118. The third-order valence-corrected chi connectivity index (χ3v) is 7.99. The van der Waals surface area contributed by atoms with Crippen LogP contribution in [0.3, 0.4) is 0 Å². The molecule has 3 rings (SSSR count). The third-order valence-electron chi connectivity index (χ3n) is 3.56. The van der Waals surface area contributed by atoms with E-state index >= 15 is 0 Å². The van der Waals surface area contributed by atoms with Crippen molar-refractivity contribution in [2.45, 2.75) is 43.4 Å². The molecular formula is C13H17N3O2S3. The number of hydrogen-bond acceptors (Lipinski definition) is 7. The second kappa shape index (κ2) is 5.26. The summed E-state index contributed by atoms with van der Waals surface area (Å²) in [5.41, 5.74) is 7.03. The molecule has 2 heterocycles. The lowest BCUT2D eigenvalue weighted by atomic mass is 10.3. The molecule has 0 aromatic carbocycles. The molecular weight excluding hydrogens is 326 g/mol. The lowest BCUT2D eigenvalue weighted by molar-refractivity contribution is 0.595. The van der Waals surface area contributed by atoms with E-state index in [2.05, 4.69) is 29.6 Å². The van der Waals surface area contributed by atoms with Crippen LogP contribution in [-0.2, 0) is 16.4 Å². The SMILES string of the molecule is Cc1cc(CNc2snc(N)c2S(=O)(=O)C2CC2)sc1C. The third kappa shape index (κ3) is 2.79. The Morgan fingerprint density at radius 2 is 2.14 bits per heavy atom.